The van der Waals surface area contributed by atoms with E-state index in [4.69, 9.17) is 9.05 Å². The number of carbonyl (C=O) groups is 1. The van der Waals surface area contributed by atoms with Crippen molar-refractivity contribution in [2.45, 2.75) is 358 Å². The van der Waals surface area contributed by atoms with Crippen LogP contribution in [0.2, 0.25) is 0 Å². The molecule has 0 radical (unpaired) electrons. The lowest BCUT2D eigenvalue weighted by molar-refractivity contribution is -0.220. The van der Waals surface area contributed by atoms with Crippen LogP contribution < -0.4 is 5.32 Å². The smallest absolute Gasteiger partial charge is 0.391 e. The Morgan fingerprint density at radius 3 is 0.972 bits per heavy atom. The van der Waals surface area contributed by atoms with Gasteiger partial charge in [0.15, 0.2) is 0 Å². The first kappa shape index (κ1) is 68.4. The molecule has 9 atom stereocenters. The number of nitrogens with one attached hydrogen (secondary N) is 1. The van der Waals surface area contributed by atoms with E-state index in [1.807, 2.05) is 0 Å². The number of unbranched alkanes of at least 4 members (excludes halogenated alkanes) is 42. The van der Waals surface area contributed by atoms with Crippen molar-refractivity contribution in [3.8, 4) is 0 Å². The number of aliphatic hydroxyl groups is 6. The van der Waals surface area contributed by atoms with E-state index in [-0.39, 0.29) is 12.3 Å². The van der Waals surface area contributed by atoms with Gasteiger partial charge in [0.05, 0.1) is 18.8 Å². The van der Waals surface area contributed by atoms with Crippen molar-refractivity contribution in [3.63, 3.8) is 0 Å². The fraction of sp³-hybridized carbons (Fsp3) is 0.983. The number of hydrogen-bond acceptors (Lipinski definition) is 10. The molecule has 71 heavy (non-hydrogen) atoms. The third-order valence-electron chi connectivity index (χ3n) is 15.2. The molecule has 0 aromatic carbocycles. The molecule has 0 aliphatic heterocycles. The Bertz CT molecular complexity index is 1200. The largest absolute Gasteiger partial charge is 0.472 e. The van der Waals surface area contributed by atoms with Crippen LogP contribution in [0.25, 0.3) is 0 Å². The Morgan fingerprint density at radius 1 is 0.423 bits per heavy atom. The Balaban J connectivity index is 2.26. The highest BCUT2D eigenvalue weighted by atomic mass is 31.2. The minimum absolute atomic E-state index is 0.244. The highest BCUT2D eigenvalue weighted by Gasteiger charge is 2.51. The maximum Gasteiger partial charge on any atom is 0.472 e. The van der Waals surface area contributed by atoms with Gasteiger partial charge in [0.1, 0.15) is 36.6 Å². The number of amides is 1. The van der Waals surface area contributed by atoms with Crippen LogP contribution in [0.15, 0.2) is 0 Å². The Hall–Kier alpha value is -0.660. The standard InChI is InChI=1S/C58H116NO11P/c1-3-5-7-9-11-13-15-17-19-21-22-23-24-25-26-27-28-29-30-32-34-36-38-40-42-44-46-48-52(61)59-50(49-69-71(67,68)70-58-56(65)54(63)53(62)55(64)57(58)66)51(60)47-45-43-41-39-37-35-33-31-20-18-16-14-12-10-8-6-4-2/h50-51,53-58,60,62-66H,3-49H2,1-2H3,(H,59,61)(H,67,68)/t50-,51+,53?,54+,55?,56?,57?,58?/m0/s1. The summed E-state index contributed by atoms with van der Waals surface area (Å²) in [6.45, 7) is 3.95. The Labute approximate surface area is 436 Å². The number of aliphatic hydroxyl groups excluding tert-OH is 6. The quantitative estimate of drug-likeness (QED) is 0.0212. The molecule has 1 rings (SSSR count). The molecule has 13 heteroatoms. The van der Waals surface area contributed by atoms with Gasteiger partial charge in [-0.15, -0.1) is 0 Å². The van der Waals surface area contributed by atoms with Crippen LogP contribution in [0.3, 0.4) is 0 Å². The number of carbonyl (C=O) groups excluding carboxylic acids is 1. The average molecular weight is 1030 g/mol. The first-order chi connectivity index (χ1) is 34.4. The Morgan fingerprint density at radius 2 is 0.676 bits per heavy atom. The molecule has 1 saturated carbocycles. The first-order valence-corrected chi connectivity index (χ1v) is 32.0. The van der Waals surface area contributed by atoms with Gasteiger partial charge in [-0.2, -0.15) is 0 Å². The van der Waals surface area contributed by atoms with Gasteiger partial charge in [0, 0.05) is 6.42 Å². The summed E-state index contributed by atoms with van der Waals surface area (Å²) in [5.74, 6) is -0.299. The summed E-state index contributed by atoms with van der Waals surface area (Å²) in [6.07, 6.45) is 44.3. The van der Waals surface area contributed by atoms with Crippen molar-refractivity contribution in [3.05, 3.63) is 0 Å². The molecule has 0 bridgehead atoms. The zero-order valence-electron chi connectivity index (χ0n) is 46.1. The predicted molar refractivity (Wildman–Crippen MR) is 292 cm³/mol. The van der Waals surface area contributed by atoms with Crippen LogP contribution in [0.4, 0.5) is 0 Å². The molecule has 424 valence electrons. The summed E-state index contributed by atoms with van der Waals surface area (Å²) < 4.78 is 23.1. The minimum atomic E-state index is -5.06. The van der Waals surface area contributed by atoms with Crippen molar-refractivity contribution in [1.29, 1.82) is 0 Å². The van der Waals surface area contributed by atoms with Crippen LogP contribution in [0, 0.1) is 0 Å². The van der Waals surface area contributed by atoms with E-state index in [0.717, 1.165) is 38.5 Å². The molecule has 0 saturated heterocycles. The third-order valence-corrected chi connectivity index (χ3v) is 16.2. The number of phosphoric ester groups is 1. The van der Waals surface area contributed by atoms with E-state index < -0.39 is 63.2 Å². The summed E-state index contributed by atoms with van der Waals surface area (Å²) in [5.41, 5.74) is 0. The molecule has 1 aliphatic rings. The van der Waals surface area contributed by atoms with Crippen molar-refractivity contribution in [1.82, 2.24) is 5.32 Å². The molecule has 1 aliphatic carbocycles. The van der Waals surface area contributed by atoms with Crippen LogP contribution in [0.5, 0.6) is 0 Å². The van der Waals surface area contributed by atoms with Gasteiger partial charge in [-0.1, -0.05) is 290 Å². The van der Waals surface area contributed by atoms with Crippen molar-refractivity contribution in [2.24, 2.45) is 0 Å². The monoisotopic (exact) mass is 1030 g/mol. The van der Waals surface area contributed by atoms with Gasteiger partial charge < -0.3 is 40.8 Å². The lowest BCUT2D eigenvalue weighted by Gasteiger charge is -2.41. The summed E-state index contributed by atoms with van der Waals surface area (Å²) in [7, 11) is -5.06. The first-order valence-electron chi connectivity index (χ1n) is 30.5. The zero-order valence-corrected chi connectivity index (χ0v) is 47.0. The summed E-state index contributed by atoms with van der Waals surface area (Å²) in [5, 5.41) is 64.5. The van der Waals surface area contributed by atoms with Gasteiger partial charge in [-0.3, -0.25) is 13.8 Å². The van der Waals surface area contributed by atoms with E-state index in [1.165, 1.54) is 231 Å². The van der Waals surface area contributed by atoms with Crippen molar-refractivity contribution in [2.75, 3.05) is 6.61 Å². The molecule has 0 heterocycles. The van der Waals surface area contributed by atoms with Crippen LogP contribution in [0.1, 0.15) is 309 Å². The number of phosphoric acid groups is 1. The van der Waals surface area contributed by atoms with Gasteiger partial charge in [0.2, 0.25) is 5.91 Å². The molecule has 12 nitrogen and oxygen atoms in total. The molecule has 1 amide bonds. The lowest BCUT2D eigenvalue weighted by atomic mass is 9.85. The van der Waals surface area contributed by atoms with E-state index in [9.17, 15) is 44.9 Å². The molecule has 6 unspecified atom stereocenters. The van der Waals surface area contributed by atoms with E-state index >= 15 is 0 Å². The summed E-state index contributed by atoms with van der Waals surface area (Å²) >= 11 is 0. The molecular formula is C58H116NO11P. The highest BCUT2D eigenvalue weighted by molar-refractivity contribution is 7.47. The molecule has 0 aromatic heterocycles. The third kappa shape index (κ3) is 38.5. The van der Waals surface area contributed by atoms with Crippen LogP contribution in [-0.2, 0) is 18.4 Å². The average Bonchev–Trinajstić information content (AvgIpc) is 3.35. The highest BCUT2D eigenvalue weighted by Crippen LogP contribution is 2.47. The predicted octanol–water partition coefficient (Wildman–Crippen LogP) is 14.1. The SMILES string of the molecule is CCCCCCCCCCCCCCCCCCCCCCCCCCCCCC(=O)N[C@@H](COP(=O)(O)OC1C(O)C(O)C(O)[C@@H](O)C1O)[C@H](O)CCCCCCCCCCCCCCCCCCC. The lowest BCUT2D eigenvalue weighted by Crippen LogP contribution is -2.64. The maximum absolute atomic E-state index is 13.1. The minimum Gasteiger partial charge on any atom is -0.391 e. The summed E-state index contributed by atoms with van der Waals surface area (Å²) in [4.78, 5) is 23.6. The molecule has 8 N–H and O–H groups in total. The fourth-order valence-electron chi connectivity index (χ4n) is 10.3. The van der Waals surface area contributed by atoms with Crippen LogP contribution in [-0.4, -0.2) is 96.8 Å². The second-order valence-corrected chi connectivity index (χ2v) is 23.3. The second kappa shape index (κ2) is 47.8. The second-order valence-electron chi connectivity index (χ2n) is 21.9. The normalized spacial score (nSPS) is 21.1. The maximum atomic E-state index is 13.1. The van der Waals surface area contributed by atoms with Gasteiger partial charge in [0.25, 0.3) is 0 Å². The topological polar surface area (TPSA) is 206 Å². The Kier molecular flexibility index (Phi) is 46.0. The molecular weight excluding hydrogens is 918 g/mol. The zero-order chi connectivity index (χ0) is 52.1. The van der Waals surface area contributed by atoms with E-state index in [2.05, 4.69) is 19.2 Å². The molecule has 1 fully saturated rings. The van der Waals surface area contributed by atoms with E-state index in [0.29, 0.717) is 19.3 Å². The van der Waals surface area contributed by atoms with Gasteiger partial charge >= 0.3 is 7.82 Å². The molecule has 0 spiro atoms. The van der Waals surface area contributed by atoms with Crippen molar-refractivity contribution >= 4 is 13.7 Å². The van der Waals surface area contributed by atoms with Gasteiger partial charge in [-0.25, -0.2) is 4.57 Å². The van der Waals surface area contributed by atoms with Crippen LogP contribution >= 0.6 is 7.82 Å². The fourth-order valence-corrected chi connectivity index (χ4v) is 11.2. The van der Waals surface area contributed by atoms with Gasteiger partial charge in [-0.05, 0) is 12.8 Å². The number of hydrogen-bond donors (Lipinski definition) is 8. The van der Waals surface area contributed by atoms with Crippen molar-refractivity contribution < 1.29 is 53.9 Å². The van der Waals surface area contributed by atoms with E-state index in [1.54, 1.807) is 0 Å². The number of rotatable bonds is 53. The molecule has 0 aromatic rings. The summed E-state index contributed by atoms with van der Waals surface area (Å²) in [6, 6.07) is -1.03.